The van der Waals surface area contributed by atoms with Crippen LogP contribution in [0.25, 0.3) is 11.1 Å². The summed E-state index contributed by atoms with van der Waals surface area (Å²) in [5.74, 6) is 1.01. The number of benzene rings is 2. The molecular formula is C17H15ClN2. The number of hydrogen-bond acceptors (Lipinski definition) is 1. The van der Waals surface area contributed by atoms with Crippen LogP contribution < -0.4 is 0 Å². The summed E-state index contributed by atoms with van der Waals surface area (Å²) in [6.45, 7) is 0. The molecule has 2 aromatic carbocycles. The molecule has 0 spiro atoms. The Morgan fingerprint density at radius 1 is 1.00 bits per heavy atom. The van der Waals surface area contributed by atoms with Gasteiger partial charge in [-0.05, 0) is 35.2 Å². The number of aromatic nitrogens is 2. The van der Waals surface area contributed by atoms with Crippen molar-refractivity contribution in [1.82, 2.24) is 9.97 Å². The van der Waals surface area contributed by atoms with E-state index in [1.165, 1.54) is 16.7 Å². The van der Waals surface area contributed by atoms with E-state index in [0.717, 1.165) is 23.7 Å². The largest absolute Gasteiger partial charge is 0.349 e. The third-order valence-electron chi connectivity index (χ3n) is 3.34. The first-order valence-electron chi connectivity index (χ1n) is 6.65. The van der Waals surface area contributed by atoms with E-state index in [9.17, 15) is 0 Å². The lowest BCUT2D eigenvalue weighted by atomic mass is 9.96. The van der Waals surface area contributed by atoms with Crippen molar-refractivity contribution in [3.8, 4) is 11.1 Å². The van der Waals surface area contributed by atoms with Crippen LogP contribution in [0.1, 0.15) is 11.4 Å². The first-order chi connectivity index (χ1) is 9.83. The highest BCUT2D eigenvalue weighted by atomic mass is 35.5. The summed E-state index contributed by atoms with van der Waals surface area (Å²) in [5.41, 5.74) is 3.69. The molecule has 1 N–H and O–H groups in total. The number of imidazole rings is 1. The molecular weight excluding hydrogens is 268 g/mol. The molecule has 0 bridgehead atoms. The van der Waals surface area contributed by atoms with E-state index in [4.69, 9.17) is 11.6 Å². The molecule has 0 saturated heterocycles. The van der Waals surface area contributed by atoms with Crippen LogP contribution in [0.15, 0.2) is 60.9 Å². The summed E-state index contributed by atoms with van der Waals surface area (Å²) in [7, 11) is 0. The monoisotopic (exact) mass is 282 g/mol. The van der Waals surface area contributed by atoms with Gasteiger partial charge in [0.15, 0.2) is 0 Å². The summed E-state index contributed by atoms with van der Waals surface area (Å²) in [6, 6.07) is 16.4. The molecule has 0 aliphatic carbocycles. The second kappa shape index (κ2) is 5.93. The topological polar surface area (TPSA) is 28.7 Å². The zero-order chi connectivity index (χ0) is 13.8. The summed E-state index contributed by atoms with van der Waals surface area (Å²) >= 11 is 6.15. The van der Waals surface area contributed by atoms with Crippen LogP contribution >= 0.6 is 11.6 Å². The molecule has 0 atom stereocenters. The van der Waals surface area contributed by atoms with Gasteiger partial charge in [0, 0.05) is 23.8 Å². The van der Waals surface area contributed by atoms with Crippen molar-refractivity contribution in [2.24, 2.45) is 0 Å². The van der Waals surface area contributed by atoms with Gasteiger partial charge in [-0.15, -0.1) is 0 Å². The zero-order valence-corrected chi connectivity index (χ0v) is 11.8. The Labute approximate surface area is 123 Å². The lowest BCUT2D eigenvalue weighted by Crippen LogP contribution is -1.96. The van der Waals surface area contributed by atoms with E-state index in [1.807, 2.05) is 36.5 Å². The van der Waals surface area contributed by atoms with Crippen molar-refractivity contribution < 1.29 is 0 Å². The molecule has 3 heteroatoms. The molecule has 0 radical (unpaired) electrons. The number of H-pyrrole nitrogens is 1. The number of nitrogens with zero attached hydrogens (tertiary/aromatic N) is 1. The van der Waals surface area contributed by atoms with Crippen LogP contribution in [-0.4, -0.2) is 9.97 Å². The maximum Gasteiger partial charge on any atom is 0.106 e. The summed E-state index contributed by atoms with van der Waals surface area (Å²) in [6.07, 6.45) is 5.48. The van der Waals surface area contributed by atoms with Crippen molar-refractivity contribution >= 4 is 11.6 Å². The fraction of sp³-hybridized carbons (Fsp3) is 0.118. The van der Waals surface area contributed by atoms with E-state index < -0.39 is 0 Å². The number of aryl methyl sites for hydroxylation is 2. The molecule has 0 aliphatic heterocycles. The second-order valence-electron chi connectivity index (χ2n) is 4.70. The minimum atomic E-state index is 0.769. The van der Waals surface area contributed by atoms with Crippen molar-refractivity contribution in [3.63, 3.8) is 0 Å². The second-order valence-corrected chi connectivity index (χ2v) is 5.14. The van der Waals surface area contributed by atoms with Crippen LogP contribution in [-0.2, 0) is 12.8 Å². The summed E-state index contributed by atoms with van der Waals surface area (Å²) < 4.78 is 0. The van der Waals surface area contributed by atoms with Crippen molar-refractivity contribution in [2.75, 3.05) is 0 Å². The maximum absolute atomic E-state index is 6.15. The molecule has 3 aromatic rings. The molecule has 100 valence electrons. The Hall–Kier alpha value is -2.06. The molecule has 0 unspecified atom stereocenters. The Morgan fingerprint density at radius 2 is 1.85 bits per heavy atom. The SMILES string of the molecule is Clc1ccc(CCc2ncc[nH]2)c(-c2ccccc2)c1. The smallest absolute Gasteiger partial charge is 0.106 e. The zero-order valence-electron chi connectivity index (χ0n) is 11.0. The molecule has 20 heavy (non-hydrogen) atoms. The average molecular weight is 283 g/mol. The van der Waals surface area contributed by atoms with E-state index >= 15 is 0 Å². The average Bonchev–Trinajstić information content (AvgIpc) is 3.00. The van der Waals surface area contributed by atoms with Crippen LogP contribution in [0.5, 0.6) is 0 Å². The van der Waals surface area contributed by atoms with Gasteiger partial charge in [0.2, 0.25) is 0 Å². The van der Waals surface area contributed by atoms with E-state index in [0.29, 0.717) is 0 Å². The minimum absolute atomic E-state index is 0.769. The molecule has 2 nitrogen and oxygen atoms in total. The normalized spacial score (nSPS) is 10.7. The van der Waals surface area contributed by atoms with Gasteiger partial charge in [-0.1, -0.05) is 48.0 Å². The summed E-state index contributed by atoms with van der Waals surface area (Å²) in [5, 5.41) is 0.769. The quantitative estimate of drug-likeness (QED) is 0.749. The number of aromatic amines is 1. The fourth-order valence-electron chi connectivity index (χ4n) is 2.34. The Balaban J connectivity index is 1.90. The lowest BCUT2D eigenvalue weighted by Gasteiger charge is -2.10. The number of nitrogens with one attached hydrogen (secondary N) is 1. The molecule has 1 aromatic heterocycles. The van der Waals surface area contributed by atoms with Gasteiger partial charge in [-0.2, -0.15) is 0 Å². The maximum atomic E-state index is 6.15. The van der Waals surface area contributed by atoms with Gasteiger partial charge >= 0.3 is 0 Å². The van der Waals surface area contributed by atoms with Gasteiger partial charge in [0.25, 0.3) is 0 Å². The van der Waals surface area contributed by atoms with Crippen molar-refractivity contribution in [2.45, 2.75) is 12.8 Å². The van der Waals surface area contributed by atoms with Gasteiger partial charge in [-0.25, -0.2) is 4.98 Å². The van der Waals surface area contributed by atoms with E-state index in [-0.39, 0.29) is 0 Å². The van der Waals surface area contributed by atoms with Crippen LogP contribution in [0.2, 0.25) is 5.02 Å². The van der Waals surface area contributed by atoms with Crippen LogP contribution in [0.4, 0.5) is 0 Å². The predicted molar refractivity (Wildman–Crippen MR) is 82.9 cm³/mol. The van der Waals surface area contributed by atoms with Gasteiger partial charge in [-0.3, -0.25) is 0 Å². The number of hydrogen-bond donors (Lipinski definition) is 1. The van der Waals surface area contributed by atoms with Crippen molar-refractivity contribution in [1.29, 1.82) is 0 Å². The third-order valence-corrected chi connectivity index (χ3v) is 3.58. The highest BCUT2D eigenvalue weighted by molar-refractivity contribution is 6.30. The van der Waals surface area contributed by atoms with E-state index in [2.05, 4.69) is 28.2 Å². The minimum Gasteiger partial charge on any atom is -0.349 e. The van der Waals surface area contributed by atoms with Crippen LogP contribution in [0.3, 0.4) is 0 Å². The Bertz CT molecular complexity index is 675. The Kier molecular flexibility index (Phi) is 3.84. The predicted octanol–water partition coefficient (Wildman–Crippen LogP) is 4.52. The highest BCUT2D eigenvalue weighted by Crippen LogP contribution is 2.27. The molecule has 0 amide bonds. The van der Waals surface area contributed by atoms with Crippen LogP contribution in [0, 0.1) is 0 Å². The molecule has 0 saturated carbocycles. The first kappa shape index (κ1) is 12.9. The van der Waals surface area contributed by atoms with Crippen molar-refractivity contribution in [3.05, 3.63) is 77.3 Å². The molecule has 1 heterocycles. The van der Waals surface area contributed by atoms with Gasteiger partial charge in [0.05, 0.1) is 0 Å². The Morgan fingerprint density at radius 3 is 2.60 bits per heavy atom. The number of halogens is 1. The first-order valence-corrected chi connectivity index (χ1v) is 7.03. The van der Waals surface area contributed by atoms with Gasteiger partial charge < -0.3 is 4.98 Å². The highest BCUT2D eigenvalue weighted by Gasteiger charge is 2.07. The van der Waals surface area contributed by atoms with E-state index in [1.54, 1.807) is 6.20 Å². The standard InChI is InChI=1S/C17H15ClN2/c18-15-8-6-14(7-9-17-19-10-11-20-17)16(12-15)13-4-2-1-3-5-13/h1-6,8,10-12H,7,9H2,(H,19,20). The fourth-order valence-corrected chi connectivity index (χ4v) is 2.51. The van der Waals surface area contributed by atoms with Gasteiger partial charge in [0.1, 0.15) is 5.82 Å². The molecule has 0 fully saturated rings. The molecule has 3 rings (SSSR count). The lowest BCUT2D eigenvalue weighted by molar-refractivity contribution is 0.885. The third kappa shape index (κ3) is 2.91. The summed E-state index contributed by atoms with van der Waals surface area (Å²) in [4.78, 5) is 7.41. The number of rotatable bonds is 4. The molecule has 0 aliphatic rings.